The van der Waals surface area contributed by atoms with E-state index in [4.69, 9.17) is 9.47 Å². The molecule has 1 aromatic heterocycles. The summed E-state index contributed by atoms with van der Waals surface area (Å²) in [5, 5.41) is 14.7. The van der Waals surface area contributed by atoms with E-state index in [1.807, 2.05) is 24.3 Å². The van der Waals surface area contributed by atoms with Crippen LogP contribution < -0.4 is 21.4 Å². The van der Waals surface area contributed by atoms with Crippen LogP contribution in [0.25, 0.3) is 0 Å². The van der Waals surface area contributed by atoms with Crippen molar-refractivity contribution in [3.05, 3.63) is 56.2 Å². The minimum absolute atomic E-state index is 0.00975. The van der Waals surface area contributed by atoms with Crippen molar-refractivity contribution in [1.29, 1.82) is 0 Å². The second-order valence-corrected chi connectivity index (χ2v) is 6.17. The molecule has 1 atom stereocenters. The van der Waals surface area contributed by atoms with Gasteiger partial charge in [0.1, 0.15) is 11.3 Å². The smallest absolute Gasteiger partial charge is 0.331 e. The summed E-state index contributed by atoms with van der Waals surface area (Å²) in [6.07, 6.45) is 0.924. The molecule has 0 saturated carbocycles. The zero-order valence-electron chi connectivity index (χ0n) is 15.2. The van der Waals surface area contributed by atoms with E-state index in [0.717, 1.165) is 15.9 Å². The Labute approximate surface area is 155 Å². The second-order valence-electron chi connectivity index (χ2n) is 6.17. The summed E-state index contributed by atoms with van der Waals surface area (Å²) < 4.78 is 11.2. The molecule has 0 unspecified atom stereocenters. The van der Waals surface area contributed by atoms with Gasteiger partial charge in [0.25, 0.3) is 5.56 Å². The highest BCUT2D eigenvalue weighted by molar-refractivity contribution is 6.03. The molecule has 0 amide bonds. The highest BCUT2D eigenvalue weighted by Gasteiger charge is 2.27. The zero-order chi connectivity index (χ0) is 19.4. The minimum atomic E-state index is -0.657. The van der Waals surface area contributed by atoms with Gasteiger partial charge in [-0.05, 0) is 24.1 Å². The number of nitrogens with zero attached hydrogens (tertiary/aromatic N) is 2. The lowest BCUT2D eigenvalue weighted by molar-refractivity contribution is 0.188. The molecule has 0 aliphatic carbocycles. The Hall–Kier alpha value is -3.07. The quantitative estimate of drug-likeness (QED) is 0.615. The summed E-state index contributed by atoms with van der Waals surface area (Å²) in [5.74, 6) is 0.367. The van der Waals surface area contributed by atoms with E-state index in [1.165, 1.54) is 0 Å². The SMILES string of the molecule is COCCCn1c(O)c(C2=NN[C@@H](c3ccc(OC)cc3)C2)c(=O)[nH]c1=O. The third-order valence-electron chi connectivity index (χ3n) is 4.46. The first kappa shape index (κ1) is 18.7. The normalized spacial score (nSPS) is 16.1. The average molecular weight is 374 g/mol. The van der Waals surface area contributed by atoms with Gasteiger partial charge in [-0.25, -0.2) is 4.79 Å². The number of hydrogen-bond acceptors (Lipinski definition) is 7. The number of hydrogen-bond donors (Lipinski definition) is 3. The molecule has 1 aliphatic heterocycles. The van der Waals surface area contributed by atoms with Crippen LogP contribution in [0.1, 0.15) is 30.0 Å². The van der Waals surface area contributed by atoms with E-state index in [0.29, 0.717) is 25.2 Å². The van der Waals surface area contributed by atoms with Crippen LogP contribution in [0.3, 0.4) is 0 Å². The van der Waals surface area contributed by atoms with Crippen LogP contribution >= 0.6 is 0 Å². The van der Waals surface area contributed by atoms with E-state index >= 15 is 0 Å². The molecule has 2 aromatic rings. The van der Waals surface area contributed by atoms with Gasteiger partial charge in [0.15, 0.2) is 0 Å². The van der Waals surface area contributed by atoms with E-state index in [-0.39, 0.29) is 24.0 Å². The Balaban J connectivity index is 1.85. The van der Waals surface area contributed by atoms with Crippen molar-refractivity contribution in [1.82, 2.24) is 15.0 Å². The number of benzene rings is 1. The van der Waals surface area contributed by atoms with Crippen molar-refractivity contribution in [3.8, 4) is 11.6 Å². The summed E-state index contributed by atoms with van der Waals surface area (Å²) >= 11 is 0. The van der Waals surface area contributed by atoms with Crippen LogP contribution in [0.5, 0.6) is 11.6 Å². The zero-order valence-corrected chi connectivity index (χ0v) is 15.2. The molecular weight excluding hydrogens is 352 g/mol. The molecule has 9 nitrogen and oxygen atoms in total. The first-order valence-electron chi connectivity index (χ1n) is 8.56. The van der Waals surface area contributed by atoms with E-state index in [9.17, 15) is 14.7 Å². The molecule has 1 aromatic carbocycles. The fraction of sp³-hybridized carbons (Fsp3) is 0.389. The Bertz CT molecular complexity index is 946. The molecule has 27 heavy (non-hydrogen) atoms. The van der Waals surface area contributed by atoms with Crippen LogP contribution in [0.15, 0.2) is 39.0 Å². The molecule has 2 heterocycles. The van der Waals surface area contributed by atoms with Crippen LogP contribution in [-0.2, 0) is 11.3 Å². The summed E-state index contributed by atoms with van der Waals surface area (Å²) in [4.78, 5) is 26.5. The third-order valence-corrected chi connectivity index (χ3v) is 4.46. The van der Waals surface area contributed by atoms with E-state index in [2.05, 4.69) is 15.5 Å². The average Bonchev–Trinajstić information content (AvgIpc) is 3.14. The number of hydrazone groups is 1. The second kappa shape index (κ2) is 8.09. The largest absolute Gasteiger partial charge is 0.497 e. The monoisotopic (exact) mass is 374 g/mol. The van der Waals surface area contributed by atoms with E-state index in [1.54, 1.807) is 14.2 Å². The number of nitrogens with one attached hydrogen (secondary N) is 2. The van der Waals surface area contributed by atoms with Gasteiger partial charge in [0, 0.05) is 26.7 Å². The van der Waals surface area contributed by atoms with E-state index < -0.39 is 11.2 Å². The van der Waals surface area contributed by atoms with Crippen molar-refractivity contribution >= 4 is 5.71 Å². The van der Waals surface area contributed by atoms with Crippen molar-refractivity contribution in [3.63, 3.8) is 0 Å². The number of aromatic nitrogens is 2. The molecule has 0 spiro atoms. The number of rotatable bonds is 7. The first-order chi connectivity index (χ1) is 13.0. The van der Waals surface area contributed by atoms with Crippen molar-refractivity contribution in [2.45, 2.75) is 25.4 Å². The van der Waals surface area contributed by atoms with Crippen LogP contribution in [0, 0.1) is 0 Å². The predicted molar refractivity (Wildman–Crippen MR) is 99.5 cm³/mol. The van der Waals surface area contributed by atoms with Crippen molar-refractivity contribution in [2.75, 3.05) is 20.8 Å². The summed E-state index contributed by atoms with van der Waals surface area (Å²) in [6, 6.07) is 7.36. The summed E-state index contributed by atoms with van der Waals surface area (Å²) in [6.45, 7) is 0.660. The Morgan fingerprint density at radius 3 is 2.67 bits per heavy atom. The maximum atomic E-state index is 12.3. The fourth-order valence-corrected chi connectivity index (χ4v) is 3.02. The Kier molecular flexibility index (Phi) is 5.60. The molecule has 0 bridgehead atoms. The summed E-state index contributed by atoms with van der Waals surface area (Å²) in [7, 11) is 3.15. The molecule has 0 radical (unpaired) electrons. The number of ether oxygens (including phenoxy) is 2. The van der Waals surface area contributed by atoms with Gasteiger partial charge in [-0.15, -0.1) is 0 Å². The third kappa shape index (κ3) is 3.87. The molecular formula is C18H22N4O5. The van der Waals surface area contributed by atoms with Gasteiger partial charge in [0.2, 0.25) is 5.88 Å². The summed E-state index contributed by atoms with van der Waals surface area (Å²) in [5.41, 5.74) is 3.04. The topological polar surface area (TPSA) is 118 Å². The number of H-pyrrole nitrogens is 1. The lowest BCUT2D eigenvalue weighted by Crippen LogP contribution is -2.34. The van der Waals surface area contributed by atoms with Gasteiger partial charge in [-0.3, -0.25) is 14.3 Å². The van der Waals surface area contributed by atoms with Crippen molar-refractivity contribution in [2.24, 2.45) is 5.10 Å². The molecule has 0 saturated heterocycles. The van der Waals surface area contributed by atoms with Gasteiger partial charge < -0.3 is 20.0 Å². The molecule has 3 rings (SSSR count). The number of aromatic amines is 1. The molecule has 1 aliphatic rings. The Morgan fingerprint density at radius 1 is 1.26 bits per heavy atom. The van der Waals surface area contributed by atoms with Crippen LogP contribution in [0.2, 0.25) is 0 Å². The van der Waals surface area contributed by atoms with Gasteiger partial charge >= 0.3 is 5.69 Å². The van der Waals surface area contributed by atoms with Crippen LogP contribution in [0.4, 0.5) is 0 Å². The maximum absolute atomic E-state index is 12.3. The van der Waals surface area contributed by atoms with Crippen molar-refractivity contribution < 1.29 is 14.6 Å². The van der Waals surface area contributed by atoms with Gasteiger partial charge in [-0.2, -0.15) is 5.10 Å². The minimum Gasteiger partial charge on any atom is -0.497 e. The van der Waals surface area contributed by atoms with Crippen LogP contribution in [-0.4, -0.2) is 41.2 Å². The number of methoxy groups -OCH3 is 2. The molecule has 9 heteroatoms. The molecule has 3 N–H and O–H groups in total. The highest BCUT2D eigenvalue weighted by atomic mass is 16.5. The number of aromatic hydroxyl groups is 1. The lowest BCUT2D eigenvalue weighted by Gasteiger charge is -2.12. The van der Waals surface area contributed by atoms with Gasteiger partial charge in [0.05, 0.1) is 18.9 Å². The lowest BCUT2D eigenvalue weighted by atomic mass is 10.00. The standard InChI is InChI=1S/C18H22N4O5/c1-26-9-3-8-22-17(24)15(16(23)19-18(22)25)14-10-13(20-21-14)11-4-6-12(27-2)7-5-11/h4-7,13,20,24H,3,8-10H2,1-2H3,(H,19,23,25)/t13-/m1/s1. The highest BCUT2D eigenvalue weighted by Crippen LogP contribution is 2.27. The maximum Gasteiger partial charge on any atom is 0.331 e. The van der Waals surface area contributed by atoms with Gasteiger partial charge in [-0.1, -0.05) is 12.1 Å². The first-order valence-corrected chi connectivity index (χ1v) is 8.56. The predicted octanol–water partition coefficient (Wildman–Crippen LogP) is 0.726. The molecule has 0 fully saturated rings. The molecule has 144 valence electrons. The Morgan fingerprint density at radius 2 is 2.00 bits per heavy atom. The fourth-order valence-electron chi connectivity index (χ4n) is 3.02.